The predicted octanol–water partition coefficient (Wildman–Crippen LogP) is 1.97. The Kier molecular flexibility index (Phi) is 5.51. The lowest BCUT2D eigenvalue weighted by molar-refractivity contribution is 0.315. The van der Waals surface area contributed by atoms with Crippen molar-refractivity contribution in [1.82, 2.24) is 25.4 Å². The second kappa shape index (κ2) is 7.79. The summed E-state index contributed by atoms with van der Waals surface area (Å²) in [4.78, 5) is 4.36. The van der Waals surface area contributed by atoms with Crippen LogP contribution in [0.2, 0.25) is 0 Å². The van der Waals surface area contributed by atoms with Crippen molar-refractivity contribution in [1.29, 1.82) is 0 Å². The molecule has 2 aliphatic carbocycles. The fraction of sp³-hybridized carbons (Fsp3) is 0.824. The first-order valence-corrected chi connectivity index (χ1v) is 9.15. The smallest absolute Gasteiger partial charge is 0.191 e. The minimum Gasteiger partial charge on any atom is -0.355 e. The summed E-state index contributed by atoms with van der Waals surface area (Å²) in [7, 11) is 1.85. The maximum atomic E-state index is 4.36. The van der Waals surface area contributed by atoms with Crippen molar-refractivity contribution in [3.63, 3.8) is 0 Å². The summed E-state index contributed by atoms with van der Waals surface area (Å²) >= 11 is 0. The third-order valence-corrected chi connectivity index (χ3v) is 5.30. The Bertz CT molecular complexity index is 517. The molecule has 2 aliphatic rings. The van der Waals surface area contributed by atoms with Crippen LogP contribution in [0.15, 0.2) is 11.3 Å². The first kappa shape index (κ1) is 16.3. The van der Waals surface area contributed by atoms with E-state index in [9.17, 15) is 0 Å². The topological polar surface area (TPSA) is 67.1 Å². The number of nitrogens with zero attached hydrogens (tertiary/aromatic N) is 4. The zero-order valence-electron chi connectivity index (χ0n) is 14.5. The molecule has 1 heterocycles. The Morgan fingerprint density at radius 2 is 2.17 bits per heavy atom. The average molecular weight is 318 g/mol. The molecule has 2 unspecified atom stereocenters. The van der Waals surface area contributed by atoms with E-state index in [1.54, 1.807) is 6.33 Å². The Morgan fingerprint density at radius 3 is 2.91 bits per heavy atom. The fourth-order valence-corrected chi connectivity index (χ4v) is 3.87. The summed E-state index contributed by atoms with van der Waals surface area (Å²) in [6.07, 6.45) is 11.2. The second-order valence-electron chi connectivity index (χ2n) is 6.84. The van der Waals surface area contributed by atoms with Crippen molar-refractivity contribution in [2.45, 2.75) is 64.5 Å². The van der Waals surface area contributed by atoms with Gasteiger partial charge < -0.3 is 15.2 Å². The molecule has 6 nitrogen and oxygen atoms in total. The van der Waals surface area contributed by atoms with E-state index in [1.165, 1.54) is 38.5 Å². The molecule has 0 spiro atoms. The highest BCUT2D eigenvalue weighted by atomic mass is 15.3. The molecule has 3 rings (SSSR count). The lowest BCUT2D eigenvalue weighted by Gasteiger charge is -2.22. The van der Waals surface area contributed by atoms with Crippen molar-refractivity contribution in [2.24, 2.45) is 16.8 Å². The van der Waals surface area contributed by atoms with Crippen LogP contribution in [0.5, 0.6) is 0 Å². The lowest BCUT2D eigenvalue weighted by Crippen LogP contribution is -2.41. The number of hydrogen-bond acceptors (Lipinski definition) is 3. The molecule has 0 saturated heterocycles. The molecule has 2 N–H and O–H groups in total. The summed E-state index contributed by atoms with van der Waals surface area (Å²) in [5.74, 6) is 3.79. The molecular weight excluding hydrogens is 288 g/mol. The van der Waals surface area contributed by atoms with E-state index in [0.717, 1.165) is 43.1 Å². The Labute approximate surface area is 139 Å². The zero-order chi connectivity index (χ0) is 16.1. The quantitative estimate of drug-likeness (QED) is 0.622. The Hall–Kier alpha value is -1.59. The summed E-state index contributed by atoms with van der Waals surface area (Å²) in [6.45, 7) is 3.81. The standard InChI is InChI=1S/C17H30N6/c1-3-16-22-20-12-23(16)10-9-19-17(18-2)21-15-11-14(15)13-7-5-4-6-8-13/h12-15H,3-11H2,1-2H3,(H2,18,19,21). The Morgan fingerprint density at radius 1 is 1.35 bits per heavy atom. The maximum absolute atomic E-state index is 4.36. The van der Waals surface area contributed by atoms with Crippen LogP contribution in [-0.4, -0.2) is 40.4 Å². The van der Waals surface area contributed by atoms with Gasteiger partial charge in [-0.15, -0.1) is 10.2 Å². The maximum Gasteiger partial charge on any atom is 0.191 e. The third-order valence-electron chi connectivity index (χ3n) is 5.30. The van der Waals surface area contributed by atoms with E-state index in [0.29, 0.717) is 6.04 Å². The van der Waals surface area contributed by atoms with E-state index < -0.39 is 0 Å². The van der Waals surface area contributed by atoms with E-state index in [4.69, 9.17) is 0 Å². The number of hydrogen-bond donors (Lipinski definition) is 2. The third kappa shape index (κ3) is 4.24. The van der Waals surface area contributed by atoms with E-state index >= 15 is 0 Å². The molecule has 128 valence electrons. The molecule has 0 amide bonds. The number of aromatic nitrogens is 3. The number of guanidine groups is 1. The fourth-order valence-electron chi connectivity index (χ4n) is 3.87. The number of nitrogens with one attached hydrogen (secondary N) is 2. The molecule has 23 heavy (non-hydrogen) atoms. The van der Waals surface area contributed by atoms with Crippen molar-refractivity contribution < 1.29 is 0 Å². The molecule has 0 bridgehead atoms. The first-order valence-electron chi connectivity index (χ1n) is 9.15. The molecule has 1 aromatic heterocycles. The molecule has 2 fully saturated rings. The lowest BCUT2D eigenvalue weighted by atomic mass is 9.85. The normalized spacial score (nSPS) is 25.4. The van der Waals surface area contributed by atoms with Crippen LogP contribution in [0.25, 0.3) is 0 Å². The molecule has 1 aromatic rings. The highest BCUT2D eigenvalue weighted by Gasteiger charge is 2.43. The minimum absolute atomic E-state index is 0.630. The van der Waals surface area contributed by atoms with Crippen molar-refractivity contribution in [3.8, 4) is 0 Å². The van der Waals surface area contributed by atoms with Crippen molar-refractivity contribution in [3.05, 3.63) is 12.2 Å². The number of rotatable bonds is 6. The zero-order valence-corrected chi connectivity index (χ0v) is 14.5. The SMILES string of the molecule is CCc1nncn1CCNC(=NC)NC1CC1C1CCCCC1. The van der Waals surface area contributed by atoms with Gasteiger partial charge in [-0.3, -0.25) is 4.99 Å². The average Bonchev–Trinajstić information content (AvgIpc) is 3.22. The highest BCUT2D eigenvalue weighted by Crippen LogP contribution is 2.44. The van der Waals surface area contributed by atoms with Crippen LogP contribution in [-0.2, 0) is 13.0 Å². The van der Waals surface area contributed by atoms with Gasteiger partial charge in [-0.2, -0.15) is 0 Å². The van der Waals surface area contributed by atoms with E-state index in [1.807, 2.05) is 7.05 Å². The van der Waals surface area contributed by atoms with Crippen LogP contribution in [0.4, 0.5) is 0 Å². The second-order valence-corrected chi connectivity index (χ2v) is 6.84. The number of aryl methyl sites for hydroxylation is 1. The molecule has 2 saturated carbocycles. The van der Waals surface area contributed by atoms with Crippen LogP contribution in [0, 0.1) is 11.8 Å². The first-order chi connectivity index (χ1) is 11.3. The van der Waals surface area contributed by atoms with Crippen LogP contribution in [0.1, 0.15) is 51.3 Å². The molecule has 0 aliphatic heterocycles. The molecule has 0 aromatic carbocycles. The molecule has 0 radical (unpaired) electrons. The summed E-state index contributed by atoms with van der Waals surface area (Å²) in [5.41, 5.74) is 0. The van der Waals surface area contributed by atoms with Gasteiger partial charge in [0, 0.05) is 32.6 Å². The van der Waals surface area contributed by atoms with Crippen LogP contribution in [0.3, 0.4) is 0 Å². The molecule has 6 heteroatoms. The molecular formula is C17H30N6. The highest BCUT2D eigenvalue weighted by molar-refractivity contribution is 5.80. The summed E-state index contributed by atoms with van der Waals surface area (Å²) in [5, 5.41) is 15.1. The van der Waals surface area contributed by atoms with Gasteiger partial charge in [-0.25, -0.2) is 0 Å². The van der Waals surface area contributed by atoms with Gasteiger partial charge >= 0.3 is 0 Å². The van der Waals surface area contributed by atoms with Gasteiger partial charge in [0.05, 0.1) is 0 Å². The van der Waals surface area contributed by atoms with Crippen molar-refractivity contribution >= 4 is 5.96 Å². The van der Waals surface area contributed by atoms with E-state index in [2.05, 4.69) is 37.3 Å². The largest absolute Gasteiger partial charge is 0.355 e. The predicted molar refractivity (Wildman–Crippen MR) is 92.4 cm³/mol. The van der Waals surface area contributed by atoms with Crippen LogP contribution < -0.4 is 10.6 Å². The van der Waals surface area contributed by atoms with Gasteiger partial charge in [-0.1, -0.05) is 39.0 Å². The van der Waals surface area contributed by atoms with Crippen molar-refractivity contribution in [2.75, 3.05) is 13.6 Å². The monoisotopic (exact) mass is 318 g/mol. The minimum atomic E-state index is 0.630. The number of aliphatic imine (C=N–C) groups is 1. The molecule has 2 atom stereocenters. The van der Waals surface area contributed by atoms with Gasteiger partial charge in [0.1, 0.15) is 12.2 Å². The van der Waals surface area contributed by atoms with Gasteiger partial charge in [0.2, 0.25) is 0 Å². The summed E-state index contributed by atoms with van der Waals surface area (Å²) in [6, 6.07) is 0.630. The Balaban J connectivity index is 1.39. The van der Waals surface area contributed by atoms with Crippen LogP contribution >= 0.6 is 0 Å². The van der Waals surface area contributed by atoms with Gasteiger partial charge in [0.25, 0.3) is 0 Å². The summed E-state index contributed by atoms with van der Waals surface area (Å²) < 4.78 is 2.10. The van der Waals surface area contributed by atoms with Gasteiger partial charge in [0.15, 0.2) is 5.96 Å². The van der Waals surface area contributed by atoms with Gasteiger partial charge in [-0.05, 0) is 18.3 Å². The van der Waals surface area contributed by atoms with E-state index in [-0.39, 0.29) is 0 Å².